The molecule has 0 bridgehead atoms. The van der Waals surface area contributed by atoms with Crippen LogP contribution in [0.5, 0.6) is 0 Å². The number of rotatable bonds is 8. The minimum atomic E-state index is -2.00. The quantitative estimate of drug-likeness (QED) is 0.175. The number of carbonyl (C=O) groups is 8. The summed E-state index contributed by atoms with van der Waals surface area (Å²) in [5, 5.41) is 84.8. The van der Waals surface area contributed by atoms with E-state index in [0.717, 1.165) is 0 Å². The molecule has 0 heterocycles. The minimum absolute atomic E-state index is 0. The van der Waals surface area contributed by atoms with Crippen LogP contribution < -0.4 is 40.9 Å². The van der Waals surface area contributed by atoms with Crippen molar-refractivity contribution in [2.24, 2.45) is 0 Å². The topological polar surface area (TPSA) is 1040 Å². The number of hydrogen-bond acceptors (Lipinski definition) is 16. The van der Waals surface area contributed by atoms with Gasteiger partial charge < -0.3 is 200 Å². The maximum absolute atomic E-state index is 10.6. The zero-order chi connectivity index (χ0) is 28.1. The van der Waals surface area contributed by atoms with Crippen molar-refractivity contribution >= 4 is 47.8 Å². The van der Waals surface area contributed by atoms with Crippen LogP contribution in [0.4, 0.5) is 0 Å². The summed E-state index contributed by atoms with van der Waals surface area (Å²) in [4.78, 5) is 84.8. The van der Waals surface area contributed by atoms with Crippen LogP contribution in [0.2, 0.25) is 0 Å². The van der Waals surface area contributed by atoms with Gasteiger partial charge in [0.25, 0.3) is 0 Å². The molecule has 4 radical (unpaired) electrons. The normalized spacial score (nSPS) is 5.68. The van der Waals surface area contributed by atoms with Crippen LogP contribution in [0, 0.1) is 0 Å². The summed E-state index contributed by atoms with van der Waals surface area (Å²) < 4.78 is 0. The first kappa shape index (κ1) is 185. The number of benzene rings is 2. The van der Waals surface area contributed by atoms with E-state index < -0.39 is 92.3 Å². The maximum atomic E-state index is 10.6. The Hall–Kier alpha value is -4.60. The van der Waals surface area contributed by atoms with Crippen LogP contribution in [-0.2, 0) is 167 Å². The molecule has 0 fully saturated rings. The Kier molecular flexibility index (Phi) is 230. The SMILES string of the molecule is O.O.O.O.O=C([O-])c1cc(C(=O)[O-])c(C(=O)[O-])cc1C(=O)[O-].O=C([O-])c1cc(C(=O)[O-])c(C(=O)[O-])cc1C(=O)[O-].[Mn+2].[Mn+2].[Mn+2].[Mn+2].[OH3+].[OH3+].[OH3+].[OH3+].[OH3+].[OH3+].[OH3+].[OH3+].[OH3+].[OH3+].[OH3+].[OH3+].[OH3+].[OH3+].[OH3+].[OH3+].[OH3+].[OH3+]. The van der Waals surface area contributed by atoms with Crippen molar-refractivity contribution < 1.29 is 268 Å². The molecule has 62 N–H and O–H groups in total. The van der Waals surface area contributed by atoms with Gasteiger partial charge in [-0.25, -0.2) is 0 Å². The third-order valence-corrected chi connectivity index (χ3v) is 4.07. The number of aromatic carboxylic acids is 8. The van der Waals surface area contributed by atoms with E-state index in [1.807, 2.05) is 0 Å². The zero-order valence-electron chi connectivity index (χ0n) is 30.7. The van der Waals surface area contributed by atoms with Crippen molar-refractivity contribution in [3.8, 4) is 0 Å². The molecule has 0 atom stereocenters. The van der Waals surface area contributed by atoms with E-state index in [0.29, 0.717) is 24.3 Å². The van der Waals surface area contributed by atoms with Crippen LogP contribution in [-0.4, -0.2) is 69.7 Å². The van der Waals surface area contributed by atoms with Gasteiger partial charge in [-0.3, -0.25) is 0 Å². The van der Waals surface area contributed by atoms with Crippen molar-refractivity contribution in [3.05, 3.63) is 68.8 Å². The van der Waals surface area contributed by atoms with E-state index in [1.54, 1.807) is 0 Å². The van der Waals surface area contributed by atoms with Gasteiger partial charge in [0.15, 0.2) is 0 Å². The number of carboxylic acids is 8. The molecule has 0 saturated carbocycles. The van der Waals surface area contributed by atoms with E-state index in [9.17, 15) is 79.2 Å². The molecule has 62 heavy (non-hydrogen) atoms. The summed E-state index contributed by atoms with van der Waals surface area (Å²) in [6.07, 6.45) is 0. The first-order valence-electron chi connectivity index (χ1n) is 8.58. The molecule has 0 aliphatic rings. The average molecular weight is 1130 g/mol. The Bertz CT molecular complexity index is 1090. The molecule has 0 saturated heterocycles. The smallest absolute Gasteiger partial charge is 0.545 e. The third-order valence-electron chi connectivity index (χ3n) is 4.07. The molecule has 38 nitrogen and oxygen atoms in total. The summed E-state index contributed by atoms with van der Waals surface area (Å²) in [6, 6.07) is 1.23. The van der Waals surface area contributed by atoms with Crippen LogP contribution in [0.1, 0.15) is 82.9 Å². The van der Waals surface area contributed by atoms with Crippen LogP contribution in [0.15, 0.2) is 24.3 Å². The van der Waals surface area contributed by atoms with Gasteiger partial charge in [0, 0.05) is 44.5 Å². The number of hydrogen-bond donors (Lipinski definition) is 0. The van der Waals surface area contributed by atoms with Crippen LogP contribution >= 0.6 is 0 Å². The molecule has 0 aromatic heterocycles. The van der Waals surface area contributed by atoms with E-state index in [4.69, 9.17) is 0 Å². The van der Waals surface area contributed by atoms with E-state index >= 15 is 0 Å². The minimum Gasteiger partial charge on any atom is -0.545 e. The molecular formula is C20H66Mn4O38+18. The first-order chi connectivity index (χ1) is 16.5. The molecule has 2 rings (SSSR count). The molecule has 384 valence electrons. The Balaban J connectivity index is -0.0000000123. The van der Waals surface area contributed by atoms with Gasteiger partial charge in [0.05, 0.1) is 47.8 Å². The first-order valence-corrected chi connectivity index (χ1v) is 8.58. The molecule has 2 aromatic rings. The van der Waals surface area contributed by atoms with E-state index in [2.05, 4.69) is 0 Å². The van der Waals surface area contributed by atoms with Gasteiger partial charge in [-0.15, -0.1) is 0 Å². The van der Waals surface area contributed by atoms with Gasteiger partial charge in [-0.2, -0.15) is 0 Å². The molecular weight excluding hydrogens is 1070 g/mol. The van der Waals surface area contributed by atoms with Gasteiger partial charge in [0.2, 0.25) is 0 Å². The Labute approximate surface area is 383 Å². The van der Waals surface area contributed by atoms with Gasteiger partial charge in [-0.1, -0.05) is 0 Å². The van der Waals surface area contributed by atoms with Gasteiger partial charge in [-0.05, 0) is 24.3 Å². The van der Waals surface area contributed by atoms with Gasteiger partial charge in [0.1, 0.15) is 0 Å². The molecule has 0 aliphatic carbocycles. The van der Waals surface area contributed by atoms with Crippen LogP contribution in [0.25, 0.3) is 0 Å². The monoisotopic (exact) mass is 1130 g/mol. The Morgan fingerprint density at radius 1 is 0.210 bits per heavy atom. The Morgan fingerprint density at radius 3 is 0.290 bits per heavy atom. The number of carboxylic acid groups (broad SMARTS) is 8. The third kappa shape index (κ3) is 46.5. The fourth-order valence-corrected chi connectivity index (χ4v) is 2.55. The molecule has 0 unspecified atom stereocenters. The number of carbonyl (C=O) groups excluding carboxylic acids is 8. The van der Waals surface area contributed by atoms with Crippen molar-refractivity contribution in [2.45, 2.75) is 0 Å². The van der Waals surface area contributed by atoms with Crippen LogP contribution in [0.3, 0.4) is 0 Å². The van der Waals surface area contributed by atoms with Crippen molar-refractivity contribution in [3.63, 3.8) is 0 Å². The summed E-state index contributed by atoms with van der Waals surface area (Å²) in [5.41, 5.74) is -8.23. The second kappa shape index (κ2) is 77.0. The largest absolute Gasteiger partial charge is 2.00 e. The molecule has 0 aliphatic heterocycles. The molecule has 0 amide bonds. The zero-order valence-corrected chi connectivity index (χ0v) is 35.5. The van der Waals surface area contributed by atoms with Gasteiger partial charge >= 0.3 is 68.3 Å². The summed E-state index contributed by atoms with van der Waals surface area (Å²) in [5.74, 6) is -16.0. The maximum Gasteiger partial charge on any atom is 2.00 e. The molecule has 42 heteroatoms. The van der Waals surface area contributed by atoms with Crippen molar-refractivity contribution in [1.29, 1.82) is 0 Å². The standard InChI is InChI=1S/2C10H6O8.4Mn.22H2O/c2*11-7(12)3-1-4(8(13)14)6(10(17)18)2-5(3)9(15)16;;;;;;;;;;;;;;;;;;;;;;;;;;/h2*1-2H,(H,11,12)(H,13,14)(H,15,16)(H,17,18);;;;;22*1H2/q;;4*+2;;;;;;;;;;;;;;;;;;;;;;/p+10. The summed E-state index contributed by atoms with van der Waals surface area (Å²) >= 11 is 0. The summed E-state index contributed by atoms with van der Waals surface area (Å²) in [7, 11) is 0. The predicted octanol–water partition coefficient (Wildman–Crippen LogP) is -29.6. The van der Waals surface area contributed by atoms with E-state index in [1.165, 1.54) is 0 Å². The molecule has 0 spiro atoms. The molecule has 2 aromatic carbocycles. The van der Waals surface area contributed by atoms with Crippen molar-refractivity contribution in [2.75, 3.05) is 0 Å². The Morgan fingerprint density at radius 2 is 0.258 bits per heavy atom. The van der Waals surface area contributed by atoms with Crippen molar-refractivity contribution in [1.82, 2.24) is 0 Å². The fraction of sp³-hybridized carbons (Fsp3) is 0. The second-order valence-corrected chi connectivity index (χ2v) is 6.19. The second-order valence-electron chi connectivity index (χ2n) is 6.19. The predicted molar refractivity (Wildman–Crippen MR) is 190 cm³/mol. The summed E-state index contributed by atoms with van der Waals surface area (Å²) in [6.45, 7) is 0. The average Bonchev–Trinajstić information content (AvgIpc) is 2.76. The van der Waals surface area contributed by atoms with E-state index in [-0.39, 0.29) is 189 Å². The fourth-order valence-electron chi connectivity index (χ4n) is 2.55.